The van der Waals surface area contributed by atoms with Crippen molar-refractivity contribution in [2.75, 3.05) is 12.4 Å². The topological polar surface area (TPSA) is 106 Å². The first kappa shape index (κ1) is 13.1. The summed E-state index contributed by atoms with van der Waals surface area (Å²) in [5, 5.41) is 28.8. The van der Waals surface area contributed by atoms with Crippen LogP contribution in [-0.4, -0.2) is 18.2 Å². The molecule has 0 atom stereocenters. The Bertz CT molecular complexity index is 563. The van der Waals surface area contributed by atoms with Crippen molar-refractivity contribution in [3.05, 3.63) is 35.5 Å². The van der Waals surface area contributed by atoms with E-state index in [2.05, 4.69) is 5.32 Å². The van der Waals surface area contributed by atoms with E-state index in [1.807, 2.05) is 0 Å². The maximum Gasteiger partial charge on any atom is 0.341 e. The van der Waals surface area contributed by atoms with Gasteiger partial charge in [-0.15, -0.1) is 0 Å². The third kappa shape index (κ3) is 2.77. The molecule has 1 aromatic rings. The number of carboxylic acid groups (broad SMARTS) is 1. The fraction of sp³-hybridized carbons (Fsp3) is 0.0833. The number of carbonyl (C=O) groups is 1. The van der Waals surface area contributed by atoms with E-state index in [4.69, 9.17) is 20.4 Å². The van der Waals surface area contributed by atoms with E-state index in [9.17, 15) is 4.79 Å². The molecule has 0 aromatic heterocycles. The first-order valence-corrected chi connectivity index (χ1v) is 4.81. The van der Waals surface area contributed by atoms with Gasteiger partial charge in [-0.25, -0.2) is 4.79 Å². The van der Waals surface area contributed by atoms with Gasteiger partial charge in [0.2, 0.25) is 0 Å². The number of carboxylic acids is 1. The first-order valence-electron chi connectivity index (χ1n) is 4.81. The summed E-state index contributed by atoms with van der Waals surface area (Å²) in [5.74, 6) is -0.977. The van der Waals surface area contributed by atoms with Crippen LogP contribution in [0.2, 0.25) is 0 Å². The van der Waals surface area contributed by atoms with E-state index in [0.717, 1.165) is 6.20 Å². The first-order chi connectivity index (χ1) is 8.63. The second-order valence-electron chi connectivity index (χ2n) is 3.11. The van der Waals surface area contributed by atoms with E-state index in [1.165, 1.54) is 19.2 Å². The summed E-state index contributed by atoms with van der Waals surface area (Å²) in [6, 6.07) is 7.93. The number of hydrogen-bond donors (Lipinski definition) is 2. The van der Waals surface area contributed by atoms with Crippen LogP contribution in [0.3, 0.4) is 0 Å². The Hall–Kier alpha value is -2.99. The van der Waals surface area contributed by atoms with Crippen molar-refractivity contribution < 1.29 is 14.6 Å². The third-order valence-corrected chi connectivity index (χ3v) is 2.07. The molecule has 0 amide bonds. The van der Waals surface area contributed by atoms with Gasteiger partial charge in [0, 0.05) is 6.20 Å². The van der Waals surface area contributed by atoms with Gasteiger partial charge in [-0.05, 0) is 12.1 Å². The van der Waals surface area contributed by atoms with Gasteiger partial charge in [-0.1, -0.05) is 6.07 Å². The van der Waals surface area contributed by atoms with Crippen molar-refractivity contribution in [2.24, 2.45) is 0 Å². The zero-order valence-corrected chi connectivity index (χ0v) is 9.47. The Morgan fingerprint density at radius 3 is 2.61 bits per heavy atom. The molecule has 0 fully saturated rings. The normalized spacial score (nSPS) is 8.61. The molecule has 0 aliphatic carbocycles. The molecule has 0 aliphatic rings. The summed E-state index contributed by atoms with van der Waals surface area (Å²) in [4.78, 5) is 11.1. The summed E-state index contributed by atoms with van der Waals surface area (Å²) < 4.78 is 4.94. The lowest BCUT2D eigenvalue weighted by atomic mass is 10.1. The monoisotopic (exact) mass is 243 g/mol. The summed E-state index contributed by atoms with van der Waals surface area (Å²) in [5.41, 5.74) is 0.0190. The summed E-state index contributed by atoms with van der Waals surface area (Å²) in [6.07, 6.45) is 1.14. The zero-order valence-electron chi connectivity index (χ0n) is 9.47. The van der Waals surface area contributed by atoms with Gasteiger partial charge >= 0.3 is 5.97 Å². The van der Waals surface area contributed by atoms with Crippen LogP contribution >= 0.6 is 0 Å². The maximum absolute atomic E-state index is 11.1. The van der Waals surface area contributed by atoms with Crippen LogP contribution in [0.15, 0.2) is 30.0 Å². The molecule has 6 heteroatoms. The molecule has 18 heavy (non-hydrogen) atoms. The van der Waals surface area contributed by atoms with Gasteiger partial charge < -0.3 is 15.2 Å². The highest BCUT2D eigenvalue weighted by atomic mass is 16.5. The summed E-state index contributed by atoms with van der Waals surface area (Å²) in [6.45, 7) is 0. The highest BCUT2D eigenvalue weighted by Gasteiger charge is 2.15. The minimum atomic E-state index is -1.17. The van der Waals surface area contributed by atoms with E-state index in [-0.39, 0.29) is 22.6 Å². The average Bonchev–Trinajstić information content (AvgIpc) is 2.39. The second-order valence-corrected chi connectivity index (χ2v) is 3.11. The van der Waals surface area contributed by atoms with Crippen molar-refractivity contribution in [3.8, 4) is 17.9 Å². The van der Waals surface area contributed by atoms with Crippen LogP contribution in [0.1, 0.15) is 10.4 Å². The van der Waals surface area contributed by atoms with Crippen LogP contribution in [0.5, 0.6) is 5.75 Å². The lowest BCUT2D eigenvalue weighted by Crippen LogP contribution is -2.05. The number of allylic oxidation sites excluding steroid dienone is 1. The average molecular weight is 243 g/mol. The molecule has 0 saturated carbocycles. The fourth-order valence-electron chi connectivity index (χ4n) is 1.28. The smallest absolute Gasteiger partial charge is 0.341 e. The molecule has 90 valence electrons. The zero-order chi connectivity index (χ0) is 13.5. The standard InChI is InChI=1S/C12H9N3O3/c1-18-10-4-2-3-9(11(10)12(16)17)15-7-8(5-13)6-14/h2-4,7,15H,1H3,(H,16,17). The van der Waals surface area contributed by atoms with Crippen molar-refractivity contribution in [3.63, 3.8) is 0 Å². The van der Waals surface area contributed by atoms with Gasteiger partial charge in [-0.3, -0.25) is 0 Å². The molecule has 2 N–H and O–H groups in total. The summed E-state index contributed by atoms with van der Waals surface area (Å²) >= 11 is 0. The van der Waals surface area contributed by atoms with Crippen molar-refractivity contribution in [1.29, 1.82) is 10.5 Å². The molecule has 0 unspecified atom stereocenters. The number of nitriles is 2. The minimum absolute atomic E-state index is 0.0634. The number of methoxy groups -OCH3 is 1. The van der Waals surface area contributed by atoms with Gasteiger partial charge in [0.1, 0.15) is 29.0 Å². The highest BCUT2D eigenvalue weighted by Crippen LogP contribution is 2.26. The van der Waals surface area contributed by atoms with E-state index < -0.39 is 5.97 Å². The lowest BCUT2D eigenvalue weighted by molar-refractivity contribution is 0.0694. The largest absolute Gasteiger partial charge is 0.496 e. The Balaban J connectivity index is 3.19. The molecule has 1 rings (SSSR count). The van der Waals surface area contributed by atoms with Gasteiger partial charge in [0.05, 0.1) is 12.8 Å². The SMILES string of the molecule is COc1cccc(NC=C(C#N)C#N)c1C(=O)O. The van der Waals surface area contributed by atoms with Crippen molar-refractivity contribution in [2.45, 2.75) is 0 Å². The quantitative estimate of drug-likeness (QED) is 0.780. The molecule has 0 spiro atoms. The number of hydrogen-bond acceptors (Lipinski definition) is 5. The number of rotatable bonds is 4. The van der Waals surface area contributed by atoms with Crippen LogP contribution in [-0.2, 0) is 0 Å². The molecule has 0 aliphatic heterocycles. The molecule has 0 saturated heterocycles. The van der Waals surface area contributed by atoms with Crippen LogP contribution in [0.25, 0.3) is 0 Å². The minimum Gasteiger partial charge on any atom is -0.496 e. The second kappa shape index (κ2) is 5.92. The fourth-order valence-corrected chi connectivity index (χ4v) is 1.28. The molecular weight excluding hydrogens is 234 g/mol. The van der Waals surface area contributed by atoms with Crippen LogP contribution < -0.4 is 10.1 Å². The van der Waals surface area contributed by atoms with Crippen molar-refractivity contribution >= 4 is 11.7 Å². The Kier molecular flexibility index (Phi) is 4.30. The molecular formula is C12H9N3O3. The number of nitrogens with zero attached hydrogens (tertiary/aromatic N) is 2. The number of aromatic carboxylic acids is 1. The summed E-state index contributed by atoms with van der Waals surface area (Å²) in [7, 11) is 1.36. The molecule has 6 nitrogen and oxygen atoms in total. The van der Waals surface area contributed by atoms with Gasteiger partial charge in [0.25, 0.3) is 0 Å². The van der Waals surface area contributed by atoms with E-state index in [0.29, 0.717) is 0 Å². The van der Waals surface area contributed by atoms with Crippen LogP contribution in [0, 0.1) is 22.7 Å². The molecule has 0 bridgehead atoms. The Morgan fingerprint density at radius 1 is 1.44 bits per heavy atom. The predicted octanol–water partition coefficient (Wildman–Crippen LogP) is 1.74. The lowest BCUT2D eigenvalue weighted by Gasteiger charge is -2.09. The number of anilines is 1. The number of ether oxygens (including phenoxy) is 1. The molecule has 1 aromatic carbocycles. The van der Waals surface area contributed by atoms with Gasteiger partial charge in [-0.2, -0.15) is 10.5 Å². The Morgan fingerprint density at radius 2 is 2.11 bits per heavy atom. The Labute approximate surface area is 103 Å². The van der Waals surface area contributed by atoms with Crippen LogP contribution in [0.4, 0.5) is 5.69 Å². The van der Waals surface area contributed by atoms with Crippen molar-refractivity contribution in [1.82, 2.24) is 0 Å². The van der Waals surface area contributed by atoms with E-state index in [1.54, 1.807) is 18.2 Å². The number of nitrogens with one attached hydrogen (secondary N) is 1. The molecule has 0 heterocycles. The van der Waals surface area contributed by atoms with Gasteiger partial charge in [0.15, 0.2) is 0 Å². The molecule has 0 radical (unpaired) electrons. The predicted molar refractivity (Wildman–Crippen MR) is 62.9 cm³/mol. The highest BCUT2D eigenvalue weighted by molar-refractivity contribution is 5.97. The number of benzene rings is 1. The third-order valence-electron chi connectivity index (χ3n) is 2.07. The van der Waals surface area contributed by atoms with E-state index >= 15 is 0 Å². The maximum atomic E-state index is 11.1.